The normalized spacial score (nSPS) is 25.3. The highest BCUT2D eigenvalue weighted by molar-refractivity contribution is 5.17. The van der Waals surface area contributed by atoms with E-state index in [1.165, 1.54) is 19.3 Å². The van der Waals surface area contributed by atoms with Crippen molar-refractivity contribution in [3.05, 3.63) is 36.6 Å². The summed E-state index contributed by atoms with van der Waals surface area (Å²) in [5.41, 5.74) is 1.01. The molecule has 0 fully saturated rings. The Bertz CT molecular complexity index is 177. The summed E-state index contributed by atoms with van der Waals surface area (Å²) in [6.45, 7) is 4.91. The highest BCUT2D eigenvalue weighted by Gasteiger charge is 1.89. The van der Waals surface area contributed by atoms with Crippen LogP contribution in [0.3, 0.4) is 0 Å². The minimum absolute atomic E-state index is 1.01. The van der Waals surface area contributed by atoms with E-state index in [4.69, 9.17) is 0 Å². The lowest BCUT2D eigenvalue weighted by Crippen LogP contribution is -2.12. The van der Waals surface area contributed by atoms with E-state index in [9.17, 15) is 0 Å². The summed E-state index contributed by atoms with van der Waals surface area (Å²) in [6.07, 6.45) is 12.0. The predicted octanol–water partition coefficient (Wildman–Crippen LogP) is 2.39. The molecule has 1 heterocycles. The Morgan fingerprint density at radius 1 is 1.27 bits per heavy atom. The van der Waals surface area contributed by atoms with Gasteiger partial charge in [0.05, 0.1) is 0 Å². The van der Waals surface area contributed by atoms with Crippen molar-refractivity contribution in [1.29, 1.82) is 0 Å². The molecule has 0 amide bonds. The molecule has 0 atom stereocenters. The zero-order valence-corrected chi connectivity index (χ0v) is 6.84. The molecule has 0 radical (unpaired) electrons. The van der Waals surface area contributed by atoms with E-state index in [-0.39, 0.29) is 0 Å². The Morgan fingerprint density at radius 2 is 2.18 bits per heavy atom. The van der Waals surface area contributed by atoms with Crippen molar-refractivity contribution in [3.8, 4) is 0 Å². The summed E-state index contributed by atoms with van der Waals surface area (Å²) in [4.78, 5) is 0. The number of hydrogen-bond acceptors (Lipinski definition) is 1. The van der Waals surface area contributed by atoms with Crippen molar-refractivity contribution in [3.63, 3.8) is 0 Å². The lowest BCUT2D eigenvalue weighted by Gasteiger charge is -2.05. The third-order valence-electron chi connectivity index (χ3n) is 1.69. The number of allylic oxidation sites excluding steroid dienone is 4. The molecule has 0 spiro atoms. The Kier molecular flexibility index (Phi) is 3.53. The highest BCUT2D eigenvalue weighted by Crippen LogP contribution is 1.99. The van der Waals surface area contributed by atoms with Crippen molar-refractivity contribution in [2.24, 2.45) is 0 Å². The van der Waals surface area contributed by atoms with E-state index in [0.717, 1.165) is 12.2 Å². The zero-order valence-electron chi connectivity index (χ0n) is 6.84. The minimum Gasteiger partial charge on any atom is -0.386 e. The van der Waals surface area contributed by atoms with E-state index in [1.54, 1.807) is 0 Å². The van der Waals surface area contributed by atoms with Gasteiger partial charge in [0.1, 0.15) is 0 Å². The standard InChI is InChI=1S/C10H15N/c1-10-8-6-4-2-3-5-7-9-11-10/h2,4,6,8,11H,1,3,5,7,9H2/b4-2-,8-6-. The first-order valence-electron chi connectivity index (χ1n) is 4.15. The van der Waals surface area contributed by atoms with E-state index in [2.05, 4.69) is 24.0 Å². The number of hydrogen-bond donors (Lipinski definition) is 1. The van der Waals surface area contributed by atoms with Gasteiger partial charge in [-0.15, -0.1) is 0 Å². The lowest BCUT2D eigenvalue weighted by atomic mass is 10.2. The van der Waals surface area contributed by atoms with Crippen molar-refractivity contribution in [2.45, 2.75) is 19.3 Å². The molecule has 1 N–H and O–H groups in total. The third kappa shape index (κ3) is 3.66. The number of nitrogens with one attached hydrogen (secondary N) is 1. The zero-order chi connectivity index (χ0) is 7.94. The predicted molar refractivity (Wildman–Crippen MR) is 49.3 cm³/mol. The van der Waals surface area contributed by atoms with E-state index < -0.39 is 0 Å². The van der Waals surface area contributed by atoms with Gasteiger partial charge in [-0.05, 0) is 25.3 Å². The molecular formula is C10H15N. The van der Waals surface area contributed by atoms with Gasteiger partial charge in [-0.2, -0.15) is 0 Å². The van der Waals surface area contributed by atoms with Crippen LogP contribution >= 0.6 is 0 Å². The average molecular weight is 149 g/mol. The molecule has 1 aliphatic heterocycles. The van der Waals surface area contributed by atoms with E-state index >= 15 is 0 Å². The molecule has 60 valence electrons. The maximum Gasteiger partial charge on any atom is 0.0267 e. The van der Waals surface area contributed by atoms with Crippen molar-refractivity contribution < 1.29 is 0 Å². The fourth-order valence-corrected chi connectivity index (χ4v) is 1.04. The van der Waals surface area contributed by atoms with Gasteiger partial charge in [-0.25, -0.2) is 0 Å². The summed E-state index contributed by atoms with van der Waals surface area (Å²) in [6, 6.07) is 0. The molecule has 0 unspecified atom stereocenters. The Morgan fingerprint density at radius 3 is 3.09 bits per heavy atom. The van der Waals surface area contributed by atoms with Crippen LogP contribution in [0.2, 0.25) is 0 Å². The number of rotatable bonds is 0. The van der Waals surface area contributed by atoms with Crippen LogP contribution < -0.4 is 5.32 Å². The average Bonchev–Trinajstić information content (AvgIpc) is 2.03. The Balaban J connectivity index is 2.44. The summed E-state index contributed by atoms with van der Waals surface area (Å²) in [5, 5.41) is 3.24. The van der Waals surface area contributed by atoms with Crippen LogP contribution in [0.5, 0.6) is 0 Å². The van der Waals surface area contributed by atoms with Crippen LogP contribution in [0.25, 0.3) is 0 Å². The quantitative estimate of drug-likeness (QED) is 0.557. The topological polar surface area (TPSA) is 12.0 Å². The third-order valence-corrected chi connectivity index (χ3v) is 1.69. The van der Waals surface area contributed by atoms with Crippen LogP contribution in [0.15, 0.2) is 36.6 Å². The molecule has 0 saturated carbocycles. The minimum atomic E-state index is 1.01. The monoisotopic (exact) mass is 149 g/mol. The van der Waals surface area contributed by atoms with Crippen LogP contribution in [-0.4, -0.2) is 6.54 Å². The molecule has 0 aromatic carbocycles. The van der Waals surface area contributed by atoms with Crippen LogP contribution in [0.4, 0.5) is 0 Å². The molecule has 1 heteroatoms. The summed E-state index contributed by atoms with van der Waals surface area (Å²) >= 11 is 0. The summed E-state index contributed by atoms with van der Waals surface area (Å²) in [7, 11) is 0. The summed E-state index contributed by atoms with van der Waals surface area (Å²) < 4.78 is 0. The first-order chi connectivity index (χ1) is 5.39. The Labute approximate surface area is 68.5 Å². The SMILES string of the molecule is C=C1/C=C\C=C/CCCCN1. The maximum atomic E-state index is 3.86. The van der Waals surface area contributed by atoms with Crippen LogP contribution in [0, 0.1) is 0 Å². The van der Waals surface area contributed by atoms with Gasteiger partial charge >= 0.3 is 0 Å². The molecule has 0 aliphatic carbocycles. The van der Waals surface area contributed by atoms with Gasteiger partial charge in [-0.1, -0.05) is 24.8 Å². The molecule has 1 rings (SSSR count). The lowest BCUT2D eigenvalue weighted by molar-refractivity contribution is 0.692. The van der Waals surface area contributed by atoms with Crippen LogP contribution in [0.1, 0.15) is 19.3 Å². The first-order valence-corrected chi connectivity index (χ1v) is 4.15. The van der Waals surface area contributed by atoms with E-state index in [1.807, 2.05) is 12.2 Å². The second-order valence-electron chi connectivity index (χ2n) is 2.74. The molecule has 0 aromatic rings. The van der Waals surface area contributed by atoms with E-state index in [0.29, 0.717) is 0 Å². The first kappa shape index (κ1) is 8.12. The van der Waals surface area contributed by atoms with Gasteiger partial charge < -0.3 is 5.32 Å². The fourth-order valence-electron chi connectivity index (χ4n) is 1.04. The highest BCUT2D eigenvalue weighted by atomic mass is 14.9. The molecule has 0 bridgehead atoms. The molecule has 1 nitrogen and oxygen atoms in total. The van der Waals surface area contributed by atoms with Crippen molar-refractivity contribution in [2.75, 3.05) is 6.54 Å². The van der Waals surface area contributed by atoms with Gasteiger partial charge in [-0.3, -0.25) is 0 Å². The van der Waals surface area contributed by atoms with Gasteiger partial charge in [0, 0.05) is 12.2 Å². The molecule has 1 aliphatic rings. The molecule has 11 heavy (non-hydrogen) atoms. The molecule has 0 saturated heterocycles. The second kappa shape index (κ2) is 4.78. The van der Waals surface area contributed by atoms with Gasteiger partial charge in [0.2, 0.25) is 0 Å². The van der Waals surface area contributed by atoms with Crippen LogP contribution in [-0.2, 0) is 0 Å². The molecular weight excluding hydrogens is 134 g/mol. The fraction of sp³-hybridized carbons (Fsp3) is 0.400. The Hall–Kier alpha value is -0.980. The molecule has 0 aromatic heterocycles. The largest absolute Gasteiger partial charge is 0.386 e. The smallest absolute Gasteiger partial charge is 0.0267 e. The summed E-state index contributed by atoms with van der Waals surface area (Å²) in [5.74, 6) is 0. The van der Waals surface area contributed by atoms with Gasteiger partial charge in [0.15, 0.2) is 0 Å². The van der Waals surface area contributed by atoms with Gasteiger partial charge in [0.25, 0.3) is 0 Å². The van der Waals surface area contributed by atoms with Crippen molar-refractivity contribution >= 4 is 0 Å². The maximum absolute atomic E-state index is 3.86. The second-order valence-corrected chi connectivity index (χ2v) is 2.74. The van der Waals surface area contributed by atoms with Crippen molar-refractivity contribution in [1.82, 2.24) is 5.32 Å².